The van der Waals surface area contributed by atoms with E-state index in [1.165, 1.54) is 11.0 Å². The van der Waals surface area contributed by atoms with Crippen molar-refractivity contribution < 1.29 is 9.90 Å². The third-order valence-electron chi connectivity index (χ3n) is 2.26. The summed E-state index contributed by atoms with van der Waals surface area (Å²) >= 11 is 0. The van der Waals surface area contributed by atoms with Crippen LogP contribution < -0.4 is 5.56 Å². The number of aliphatic hydroxyl groups excluding tert-OH is 1. The summed E-state index contributed by atoms with van der Waals surface area (Å²) in [5, 5.41) is 8.81. The Morgan fingerprint density at radius 1 is 1.50 bits per heavy atom. The molecule has 1 aromatic heterocycles. The first-order valence-corrected chi connectivity index (χ1v) is 5.19. The zero-order chi connectivity index (χ0) is 12.1. The molecule has 0 bridgehead atoms. The van der Waals surface area contributed by atoms with Gasteiger partial charge in [-0.1, -0.05) is 0 Å². The molecule has 1 heterocycles. The van der Waals surface area contributed by atoms with Gasteiger partial charge in [0.25, 0.3) is 5.91 Å². The molecule has 1 aromatic rings. The number of carbonyl (C=O) groups excluding carboxylic acids is 1. The monoisotopic (exact) mass is 224 g/mol. The number of rotatable bonds is 4. The maximum atomic E-state index is 11.9. The molecule has 0 aromatic carbocycles. The van der Waals surface area contributed by atoms with Gasteiger partial charge in [0.05, 0.1) is 6.61 Å². The summed E-state index contributed by atoms with van der Waals surface area (Å²) in [6.07, 6.45) is 0. The molecule has 5 heteroatoms. The van der Waals surface area contributed by atoms with E-state index in [1.54, 1.807) is 13.0 Å². The number of likely N-dealkylation sites (N-methyl/N-ethyl adjacent to an activating group) is 1. The van der Waals surface area contributed by atoms with Crippen molar-refractivity contribution in [3.05, 3.63) is 33.7 Å². The third kappa shape index (κ3) is 2.93. The van der Waals surface area contributed by atoms with E-state index in [0.717, 1.165) is 0 Å². The average molecular weight is 224 g/mol. The standard InChI is InChI=1S/C11H16N2O3/c1-3-13(4-5-14)11(16)9-6-8(2)12-10(15)7-9/h6-7,14H,3-5H2,1-2H3,(H,12,15). The fourth-order valence-electron chi connectivity index (χ4n) is 1.51. The number of amides is 1. The second-order valence-corrected chi connectivity index (χ2v) is 3.52. The Labute approximate surface area is 93.7 Å². The highest BCUT2D eigenvalue weighted by Gasteiger charge is 2.14. The van der Waals surface area contributed by atoms with Gasteiger partial charge < -0.3 is 15.0 Å². The first-order valence-electron chi connectivity index (χ1n) is 5.19. The van der Waals surface area contributed by atoms with Crippen molar-refractivity contribution in [1.82, 2.24) is 9.88 Å². The summed E-state index contributed by atoms with van der Waals surface area (Å²) in [7, 11) is 0. The largest absolute Gasteiger partial charge is 0.395 e. The number of aromatic amines is 1. The molecule has 0 atom stereocenters. The lowest BCUT2D eigenvalue weighted by atomic mass is 10.2. The second kappa shape index (κ2) is 5.46. The highest BCUT2D eigenvalue weighted by atomic mass is 16.3. The Hall–Kier alpha value is -1.62. The number of carbonyl (C=O) groups is 1. The van der Waals surface area contributed by atoms with Crippen LogP contribution in [0.15, 0.2) is 16.9 Å². The zero-order valence-corrected chi connectivity index (χ0v) is 9.49. The highest BCUT2D eigenvalue weighted by molar-refractivity contribution is 5.94. The highest BCUT2D eigenvalue weighted by Crippen LogP contribution is 2.03. The number of aliphatic hydroxyl groups is 1. The summed E-state index contributed by atoms with van der Waals surface area (Å²) in [5.41, 5.74) is 0.718. The number of aryl methyl sites for hydroxylation is 1. The van der Waals surface area contributed by atoms with Crippen LogP contribution in [0.3, 0.4) is 0 Å². The number of hydrogen-bond acceptors (Lipinski definition) is 3. The van der Waals surface area contributed by atoms with Gasteiger partial charge in [-0.3, -0.25) is 9.59 Å². The van der Waals surface area contributed by atoms with E-state index in [2.05, 4.69) is 4.98 Å². The van der Waals surface area contributed by atoms with Crippen molar-refractivity contribution in [3.63, 3.8) is 0 Å². The van der Waals surface area contributed by atoms with Gasteiger partial charge in [0.2, 0.25) is 5.56 Å². The number of H-pyrrole nitrogens is 1. The summed E-state index contributed by atoms with van der Waals surface area (Å²) in [6, 6.07) is 2.90. The molecule has 0 aliphatic carbocycles. The van der Waals surface area contributed by atoms with Crippen molar-refractivity contribution in [1.29, 1.82) is 0 Å². The van der Waals surface area contributed by atoms with E-state index >= 15 is 0 Å². The van der Waals surface area contributed by atoms with Crippen molar-refractivity contribution in [2.45, 2.75) is 13.8 Å². The van der Waals surface area contributed by atoms with Gasteiger partial charge in [-0.2, -0.15) is 0 Å². The van der Waals surface area contributed by atoms with Crippen molar-refractivity contribution >= 4 is 5.91 Å². The van der Waals surface area contributed by atoms with Gasteiger partial charge in [-0.25, -0.2) is 0 Å². The van der Waals surface area contributed by atoms with E-state index < -0.39 is 0 Å². The fourth-order valence-corrected chi connectivity index (χ4v) is 1.51. The Bertz CT molecular complexity index is 425. The summed E-state index contributed by atoms with van der Waals surface area (Å²) in [5.74, 6) is -0.231. The van der Waals surface area contributed by atoms with Crippen molar-refractivity contribution in [2.24, 2.45) is 0 Å². The molecule has 2 N–H and O–H groups in total. The van der Waals surface area contributed by atoms with Crippen LogP contribution >= 0.6 is 0 Å². The van der Waals surface area contributed by atoms with Crippen LogP contribution in [0.5, 0.6) is 0 Å². The quantitative estimate of drug-likeness (QED) is 0.764. The Morgan fingerprint density at radius 2 is 2.19 bits per heavy atom. The molecule has 0 aliphatic rings. The smallest absolute Gasteiger partial charge is 0.254 e. The molecule has 0 radical (unpaired) electrons. The molecule has 0 spiro atoms. The lowest BCUT2D eigenvalue weighted by molar-refractivity contribution is 0.0731. The first-order chi connectivity index (χ1) is 7.58. The molecule has 16 heavy (non-hydrogen) atoms. The minimum atomic E-state index is -0.289. The topological polar surface area (TPSA) is 73.4 Å². The Morgan fingerprint density at radius 3 is 2.69 bits per heavy atom. The molecule has 0 saturated heterocycles. The summed E-state index contributed by atoms with van der Waals surface area (Å²) < 4.78 is 0. The molecule has 0 unspecified atom stereocenters. The molecule has 0 fully saturated rings. The lowest BCUT2D eigenvalue weighted by Crippen LogP contribution is -2.34. The number of nitrogens with zero attached hydrogens (tertiary/aromatic N) is 1. The van der Waals surface area contributed by atoms with Crippen molar-refractivity contribution in [2.75, 3.05) is 19.7 Å². The molecule has 88 valence electrons. The van der Waals surface area contributed by atoms with Crippen LogP contribution in [0.2, 0.25) is 0 Å². The van der Waals surface area contributed by atoms with Gasteiger partial charge in [-0.15, -0.1) is 0 Å². The molecule has 1 amide bonds. The summed E-state index contributed by atoms with van der Waals surface area (Å²) in [6.45, 7) is 4.25. The number of aromatic nitrogens is 1. The second-order valence-electron chi connectivity index (χ2n) is 3.52. The first kappa shape index (κ1) is 12.4. The van der Waals surface area contributed by atoms with Gasteiger partial charge in [0.15, 0.2) is 0 Å². The number of hydrogen-bond donors (Lipinski definition) is 2. The van der Waals surface area contributed by atoms with E-state index in [1.807, 2.05) is 6.92 Å². The predicted molar refractivity (Wildman–Crippen MR) is 60.5 cm³/mol. The van der Waals surface area contributed by atoms with Crippen LogP contribution in [-0.2, 0) is 0 Å². The SMILES string of the molecule is CCN(CCO)C(=O)c1cc(C)[nH]c(=O)c1. The van der Waals surface area contributed by atoms with Crippen LogP contribution in [0.4, 0.5) is 0 Å². The molecule has 0 saturated carbocycles. The number of nitrogens with one attached hydrogen (secondary N) is 1. The van der Waals surface area contributed by atoms with Gasteiger partial charge in [-0.05, 0) is 19.9 Å². The lowest BCUT2D eigenvalue weighted by Gasteiger charge is -2.19. The third-order valence-corrected chi connectivity index (χ3v) is 2.26. The zero-order valence-electron chi connectivity index (χ0n) is 9.49. The van der Waals surface area contributed by atoms with Gasteiger partial charge in [0, 0.05) is 30.4 Å². The van der Waals surface area contributed by atoms with E-state index in [0.29, 0.717) is 17.8 Å². The molecule has 1 rings (SSSR count). The maximum absolute atomic E-state index is 11.9. The Kier molecular flexibility index (Phi) is 4.25. The van der Waals surface area contributed by atoms with E-state index in [4.69, 9.17) is 5.11 Å². The normalized spacial score (nSPS) is 10.2. The van der Waals surface area contributed by atoms with Crippen molar-refractivity contribution in [3.8, 4) is 0 Å². The van der Waals surface area contributed by atoms with Gasteiger partial charge in [0.1, 0.15) is 0 Å². The maximum Gasteiger partial charge on any atom is 0.254 e. The van der Waals surface area contributed by atoms with Crippen LogP contribution in [0.25, 0.3) is 0 Å². The summed E-state index contributed by atoms with van der Waals surface area (Å²) in [4.78, 5) is 27.2. The number of pyridine rings is 1. The fraction of sp³-hybridized carbons (Fsp3) is 0.455. The Balaban J connectivity index is 2.98. The predicted octanol–water partition coefficient (Wildman–Crippen LogP) is 0.138. The van der Waals surface area contributed by atoms with E-state index in [-0.39, 0.29) is 24.6 Å². The van der Waals surface area contributed by atoms with Gasteiger partial charge >= 0.3 is 0 Å². The minimum Gasteiger partial charge on any atom is -0.395 e. The minimum absolute atomic E-state index is 0.0816. The molecule has 0 aliphatic heterocycles. The van der Waals surface area contributed by atoms with Crippen LogP contribution in [0.1, 0.15) is 23.0 Å². The van der Waals surface area contributed by atoms with E-state index in [9.17, 15) is 9.59 Å². The molecule has 5 nitrogen and oxygen atoms in total. The van der Waals surface area contributed by atoms with Crippen LogP contribution in [-0.4, -0.2) is 40.6 Å². The van der Waals surface area contributed by atoms with Crippen LogP contribution in [0, 0.1) is 6.92 Å². The molecular weight excluding hydrogens is 208 g/mol. The molecular formula is C11H16N2O3. The average Bonchev–Trinajstić information content (AvgIpc) is 2.23.